The average molecular weight is 242 g/mol. The van der Waals surface area contributed by atoms with Gasteiger partial charge < -0.3 is 0 Å². The predicted molar refractivity (Wildman–Crippen MR) is 70.0 cm³/mol. The number of rotatable bonds is 3. The lowest BCUT2D eigenvalue weighted by Gasteiger charge is -1.96. The average Bonchev–Trinajstić information content (AvgIpc) is 2.74. The number of aryl methyl sites for hydroxylation is 2. The first-order valence-electron chi connectivity index (χ1n) is 5.58. The molecule has 1 amide bonds. The van der Waals surface area contributed by atoms with Gasteiger partial charge in [0.2, 0.25) is 5.95 Å². The summed E-state index contributed by atoms with van der Waals surface area (Å²) in [5.41, 5.74) is 2.16. The normalized spacial score (nSPS) is 10.8. The third-order valence-electron chi connectivity index (χ3n) is 2.34. The van der Waals surface area contributed by atoms with Crippen LogP contribution in [0.3, 0.4) is 0 Å². The number of benzene rings is 1. The van der Waals surface area contributed by atoms with E-state index >= 15 is 0 Å². The van der Waals surface area contributed by atoms with Crippen molar-refractivity contribution >= 4 is 17.9 Å². The summed E-state index contributed by atoms with van der Waals surface area (Å²) < 4.78 is 0. The molecule has 5 nitrogen and oxygen atoms in total. The number of nitrogens with one attached hydrogen (secondary N) is 2. The Balaban J connectivity index is 1.96. The number of amides is 1. The largest absolute Gasteiger partial charge is 0.290 e. The van der Waals surface area contributed by atoms with Gasteiger partial charge >= 0.3 is 0 Å². The van der Waals surface area contributed by atoms with Crippen molar-refractivity contribution in [2.45, 2.75) is 13.8 Å². The Kier molecular flexibility index (Phi) is 3.52. The molecule has 18 heavy (non-hydrogen) atoms. The van der Waals surface area contributed by atoms with Crippen LogP contribution in [0.2, 0.25) is 0 Å². The molecule has 2 N–H and O–H groups in total. The molecule has 92 valence electrons. The molecule has 0 atom stereocenters. The van der Waals surface area contributed by atoms with Crippen LogP contribution in [0.1, 0.15) is 17.0 Å². The molecule has 0 bridgehead atoms. The molecule has 2 rings (SSSR count). The lowest BCUT2D eigenvalue weighted by Crippen LogP contribution is -2.09. The van der Waals surface area contributed by atoms with Gasteiger partial charge in [0.15, 0.2) is 0 Å². The Hall–Kier alpha value is -2.43. The molecule has 1 heterocycles. The molecule has 1 aromatic carbocycles. The molecule has 0 aliphatic carbocycles. The monoisotopic (exact) mass is 242 g/mol. The topological polar surface area (TPSA) is 70.7 Å². The van der Waals surface area contributed by atoms with Crippen LogP contribution in [0.4, 0.5) is 5.95 Å². The first kappa shape index (κ1) is 12.0. The molecule has 0 unspecified atom stereocenters. The van der Waals surface area contributed by atoms with Crippen LogP contribution in [0.15, 0.2) is 30.3 Å². The minimum absolute atomic E-state index is 0.255. The summed E-state index contributed by atoms with van der Waals surface area (Å²) in [5.74, 6) is 0.688. The van der Waals surface area contributed by atoms with Crippen LogP contribution in [0.5, 0.6) is 0 Å². The SMILES string of the molecule is Cc1ccc(/C=C/C(=O)Nc2n[nH]c(C)n2)cc1. The van der Waals surface area contributed by atoms with Crippen molar-refractivity contribution in [3.05, 3.63) is 47.3 Å². The van der Waals surface area contributed by atoms with Crippen LogP contribution < -0.4 is 5.32 Å². The van der Waals surface area contributed by atoms with Crippen LogP contribution >= 0.6 is 0 Å². The van der Waals surface area contributed by atoms with Crippen LogP contribution in [0.25, 0.3) is 6.08 Å². The molecule has 0 radical (unpaired) electrons. The zero-order valence-corrected chi connectivity index (χ0v) is 10.3. The van der Waals surface area contributed by atoms with Crippen LogP contribution in [0, 0.1) is 13.8 Å². The molecule has 2 aromatic rings. The Bertz CT molecular complexity index is 569. The predicted octanol–water partition coefficient (Wildman–Crippen LogP) is 2.07. The Labute approximate surface area is 105 Å². The number of hydrogen-bond donors (Lipinski definition) is 2. The van der Waals surface area contributed by atoms with E-state index in [9.17, 15) is 4.79 Å². The first-order chi connectivity index (χ1) is 8.63. The van der Waals surface area contributed by atoms with E-state index in [4.69, 9.17) is 0 Å². The number of aromatic nitrogens is 3. The van der Waals surface area contributed by atoms with Crippen molar-refractivity contribution in [2.24, 2.45) is 0 Å². The number of nitrogens with zero attached hydrogens (tertiary/aromatic N) is 2. The molecular weight excluding hydrogens is 228 g/mol. The van der Waals surface area contributed by atoms with Gasteiger partial charge in [-0.15, -0.1) is 5.10 Å². The molecule has 1 aromatic heterocycles. The molecule has 0 aliphatic heterocycles. The summed E-state index contributed by atoms with van der Waals surface area (Å²) in [5, 5.41) is 9.04. The highest BCUT2D eigenvalue weighted by Gasteiger charge is 2.02. The van der Waals surface area contributed by atoms with E-state index < -0.39 is 0 Å². The van der Waals surface area contributed by atoms with E-state index in [1.165, 1.54) is 11.6 Å². The molecule has 0 saturated carbocycles. The fourth-order valence-corrected chi connectivity index (χ4v) is 1.40. The minimum Gasteiger partial charge on any atom is -0.290 e. The maximum atomic E-state index is 11.6. The molecular formula is C13H14N4O. The lowest BCUT2D eigenvalue weighted by molar-refractivity contribution is -0.111. The standard InChI is InChI=1S/C13H14N4O/c1-9-3-5-11(6-4-9)7-8-12(18)15-13-14-10(2)16-17-13/h3-8H,1-2H3,(H2,14,15,16,17,18)/b8-7+. The Morgan fingerprint density at radius 2 is 2.00 bits per heavy atom. The third-order valence-corrected chi connectivity index (χ3v) is 2.34. The third kappa shape index (κ3) is 3.28. The molecule has 0 saturated heterocycles. The van der Waals surface area contributed by atoms with Gasteiger partial charge in [0.05, 0.1) is 0 Å². The number of anilines is 1. The smallest absolute Gasteiger partial charge is 0.250 e. The maximum absolute atomic E-state index is 11.6. The van der Waals surface area contributed by atoms with E-state index in [-0.39, 0.29) is 11.9 Å². The van der Waals surface area contributed by atoms with Gasteiger partial charge in [0.25, 0.3) is 5.91 Å². The van der Waals surface area contributed by atoms with E-state index in [2.05, 4.69) is 20.5 Å². The number of hydrogen-bond acceptors (Lipinski definition) is 3. The number of carbonyl (C=O) groups excluding carboxylic acids is 1. The second-order valence-electron chi connectivity index (χ2n) is 3.98. The molecule has 5 heteroatoms. The lowest BCUT2D eigenvalue weighted by atomic mass is 10.1. The Morgan fingerprint density at radius 1 is 1.28 bits per heavy atom. The van der Waals surface area contributed by atoms with E-state index in [1.54, 1.807) is 13.0 Å². The summed E-state index contributed by atoms with van der Waals surface area (Å²) in [6.07, 6.45) is 3.20. The summed E-state index contributed by atoms with van der Waals surface area (Å²) in [6, 6.07) is 7.90. The molecule has 0 aliphatic rings. The van der Waals surface area contributed by atoms with Crippen LogP contribution in [-0.2, 0) is 4.79 Å². The number of aromatic amines is 1. The van der Waals surface area contributed by atoms with Crippen molar-refractivity contribution in [2.75, 3.05) is 5.32 Å². The quantitative estimate of drug-likeness (QED) is 0.809. The highest BCUT2D eigenvalue weighted by Crippen LogP contribution is 2.05. The molecule has 0 spiro atoms. The zero-order valence-electron chi connectivity index (χ0n) is 10.3. The highest BCUT2D eigenvalue weighted by molar-refractivity contribution is 6.00. The Morgan fingerprint density at radius 3 is 2.61 bits per heavy atom. The zero-order chi connectivity index (χ0) is 13.0. The summed E-state index contributed by atoms with van der Waals surface area (Å²) >= 11 is 0. The van der Waals surface area contributed by atoms with Crippen molar-refractivity contribution < 1.29 is 4.79 Å². The minimum atomic E-state index is -0.255. The fraction of sp³-hybridized carbons (Fsp3) is 0.154. The van der Waals surface area contributed by atoms with Crippen LogP contribution in [-0.4, -0.2) is 21.1 Å². The van der Waals surface area contributed by atoms with Gasteiger partial charge in [-0.3, -0.25) is 15.2 Å². The van der Waals surface area contributed by atoms with Gasteiger partial charge in [0.1, 0.15) is 5.82 Å². The van der Waals surface area contributed by atoms with E-state index in [0.29, 0.717) is 5.82 Å². The number of carbonyl (C=O) groups is 1. The van der Waals surface area contributed by atoms with Gasteiger partial charge in [-0.25, -0.2) is 0 Å². The number of H-pyrrole nitrogens is 1. The molecule has 0 fully saturated rings. The first-order valence-corrected chi connectivity index (χ1v) is 5.58. The second kappa shape index (κ2) is 5.27. The maximum Gasteiger partial charge on any atom is 0.250 e. The van der Waals surface area contributed by atoms with Crippen molar-refractivity contribution in [3.8, 4) is 0 Å². The van der Waals surface area contributed by atoms with Gasteiger partial charge in [-0.1, -0.05) is 29.8 Å². The summed E-state index contributed by atoms with van der Waals surface area (Å²) in [7, 11) is 0. The van der Waals surface area contributed by atoms with E-state index in [1.807, 2.05) is 31.2 Å². The van der Waals surface area contributed by atoms with Crippen molar-refractivity contribution in [3.63, 3.8) is 0 Å². The van der Waals surface area contributed by atoms with Crippen molar-refractivity contribution in [1.29, 1.82) is 0 Å². The van der Waals surface area contributed by atoms with Gasteiger partial charge in [-0.05, 0) is 25.5 Å². The van der Waals surface area contributed by atoms with E-state index in [0.717, 1.165) is 5.56 Å². The highest BCUT2D eigenvalue weighted by atomic mass is 16.1. The van der Waals surface area contributed by atoms with Gasteiger partial charge in [-0.2, -0.15) is 4.98 Å². The summed E-state index contributed by atoms with van der Waals surface area (Å²) in [4.78, 5) is 15.6. The summed E-state index contributed by atoms with van der Waals surface area (Å²) in [6.45, 7) is 3.79. The second-order valence-corrected chi connectivity index (χ2v) is 3.98. The van der Waals surface area contributed by atoms with Crippen molar-refractivity contribution in [1.82, 2.24) is 15.2 Å². The fourth-order valence-electron chi connectivity index (χ4n) is 1.40. The van der Waals surface area contributed by atoms with Gasteiger partial charge in [0, 0.05) is 6.08 Å².